The first kappa shape index (κ1) is 23.5. The summed E-state index contributed by atoms with van der Waals surface area (Å²) in [7, 11) is 0. The molecular weight excluding hydrogens is 320 g/mol. The Labute approximate surface area is 163 Å². The fourth-order valence-electron chi connectivity index (χ4n) is 4.04. The highest BCUT2D eigenvalue weighted by atomic mass is 16.2. The van der Waals surface area contributed by atoms with Crippen molar-refractivity contribution in [1.82, 2.24) is 9.80 Å². The van der Waals surface area contributed by atoms with E-state index in [0.29, 0.717) is 10.8 Å². The first-order valence-electron chi connectivity index (χ1n) is 10.9. The number of carbonyl (C=O) groups excluding carboxylic acids is 1. The summed E-state index contributed by atoms with van der Waals surface area (Å²) in [6.45, 7) is 24.9. The summed E-state index contributed by atoms with van der Waals surface area (Å²) in [5.74, 6) is 1.79. The number of carbonyl (C=O) groups is 1. The number of rotatable bonds is 3. The smallest absolute Gasteiger partial charge is 0.219 e. The predicted molar refractivity (Wildman–Crippen MR) is 113 cm³/mol. The maximum Gasteiger partial charge on any atom is 0.219 e. The lowest BCUT2D eigenvalue weighted by atomic mass is 9.72. The van der Waals surface area contributed by atoms with Gasteiger partial charge in [-0.15, -0.1) is 0 Å². The number of nitrogens with zero attached hydrogens (tertiary/aromatic N) is 2. The minimum Gasteiger partial charge on any atom is -0.343 e. The van der Waals surface area contributed by atoms with Crippen LogP contribution in [0.15, 0.2) is 0 Å². The molecule has 2 aliphatic heterocycles. The van der Waals surface area contributed by atoms with Crippen molar-refractivity contribution < 1.29 is 4.79 Å². The molecule has 2 saturated heterocycles. The average molecular weight is 367 g/mol. The molecule has 3 nitrogen and oxygen atoms in total. The van der Waals surface area contributed by atoms with Crippen LogP contribution in [0.1, 0.15) is 88.0 Å². The molecule has 2 rings (SSSR count). The van der Waals surface area contributed by atoms with Gasteiger partial charge in [-0.25, -0.2) is 0 Å². The van der Waals surface area contributed by atoms with Gasteiger partial charge in [-0.3, -0.25) is 4.79 Å². The molecule has 2 aliphatic rings. The Morgan fingerprint density at radius 2 is 1.08 bits per heavy atom. The zero-order valence-corrected chi connectivity index (χ0v) is 19.2. The van der Waals surface area contributed by atoms with Gasteiger partial charge in [-0.1, -0.05) is 41.5 Å². The van der Waals surface area contributed by atoms with Crippen molar-refractivity contribution in [1.29, 1.82) is 0 Å². The van der Waals surface area contributed by atoms with Crippen molar-refractivity contribution in [2.45, 2.75) is 94.0 Å². The molecule has 26 heavy (non-hydrogen) atoms. The Morgan fingerprint density at radius 3 is 1.35 bits per heavy atom. The molecule has 0 aromatic heterocycles. The highest BCUT2D eigenvalue weighted by Gasteiger charge is 2.34. The second kappa shape index (κ2) is 9.57. The normalized spacial score (nSPS) is 23.2. The van der Waals surface area contributed by atoms with Crippen LogP contribution in [0.3, 0.4) is 0 Å². The molecule has 0 aromatic rings. The highest BCUT2D eigenvalue weighted by molar-refractivity contribution is 5.73. The van der Waals surface area contributed by atoms with Gasteiger partial charge in [-0.05, 0) is 75.3 Å². The molecule has 0 radical (unpaired) electrons. The number of likely N-dealkylation sites (tertiary alicyclic amines) is 2. The summed E-state index contributed by atoms with van der Waals surface area (Å²) in [4.78, 5) is 15.7. The molecule has 0 unspecified atom stereocenters. The van der Waals surface area contributed by atoms with E-state index < -0.39 is 0 Å². The van der Waals surface area contributed by atoms with E-state index in [0.717, 1.165) is 43.8 Å². The topological polar surface area (TPSA) is 23.6 Å². The predicted octanol–water partition coefficient (Wildman–Crippen LogP) is 5.44. The lowest BCUT2D eigenvalue weighted by Gasteiger charge is -2.43. The second-order valence-corrected chi connectivity index (χ2v) is 10.3. The van der Waals surface area contributed by atoms with E-state index in [1.165, 1.54) is 25.9 Å². The number of hydrogen-bond donors (Lipinski definition) is 0. The quantitative estimate of drug-likeness (QED) is 0.663. The summed E-state index contributed by atoms with van der Waals surface area (Å²) < 4.78 is 0. The zero-order chi connectivity index (χ0) is 20.1. The third kappa shape index (κ3) is 6.25. The van der Waals surface area contributed by atoms with Crippen LogP contribution < -0.4 is 0 Å². The second-order valence-electron chi connectivity index (χ2n) is 10.3. The SMILES string of the molecule is CC(=O)N1CCC(C)(C(C)C)CC1.CC(C)N1CCC(C)(C(C)C)CC1. The fraction of sp³-hybridized carbons (Fsp3) is 0.957. The molecule has 0 atom stereocenters. The number of piperidine rings is 2. The molecule has 154 valence electrons. The molecule has 0 bridgehead atoms. The van der Waals surface area contributed by atoms with Crippen LogP contribution in [-0.2, 0) is 4.79 Å². The minimum absolute atomic E-state index is 0.228. The number of amides is 1. The van der Waals surface area contributed by atoms with Crippen LogP contribution in [0.2, 0.25) is 0 Å². The molecule has 2 fully saturated rings. The molecule has 0 aliphatic carbocycles. The van der Waals surface area contributed by atoms with Crippen LogP contribution in [0.25, 0.3) is 0 Å². The molecule has 1 amide bonds. The van der Waals surface area contributed by atoms with Crippen LogP contribution in [0, 0.1) is 22.7 Å². The van der Waals surface area contributed by atoms with Crippen molar-refractivity contribution >= 4 is 5.91 Å². The molecule has 0 spiro atoms. The van der Waals surface area contributed by atoms with E-state index in [-0.39, 0.29) is 5.91 Å². The van der Waals surface area contributed by atoms with E-state index in [2.05, 4.69) is 60.3 Å². The van der Waals surface area contributed by atoms with Crippen LogP contribution in [0.4, 0.5) is 0 Å². The summed E-state index contributed by atoms with van der Waals surface area (Å²) in [6, 6.07) is 0.733. The van der Waals surface area contributed by atoms with E-state index in [4.69, 9.17) is 0 Å². The van der Waals surface area contributed by atoms with Gasteiger partial charge in [0.25, 0.3) is 0 Å². The van der Waals surface area contributed by atoms with Gasteiger partial charge in [0.15, 0.2) is 0 Å². The van der Waals surface area contributed by atoms with Crippen LogP contribution in [0.5, 0.6) is 0 Å². The largest absolute Gasteiger partial charge is 0.343 e. The maximum atomic E-state index is 11.1. The summed E-state index contributed by atoms with van der Waals surface area (Å²) in [6.07, 6.45) is 5.07. The lowest BCUT2D eigenvalue weighted by Crippen LogP contribution is -2.43. The van der Waals surface area contributed by atoms with E-state index in [1.54, 1.807) is 6.92 Å². The van der Waals surface area contributed by atoms with Crippen molar-refractivity contribution in [3.63, 3.8) is 0 Å². The maximum absolute atomic E-state index is 11.1. The Morgan fingerprint density at radius 1 is 0.731 bits per heavy atom. The van der Waals surface area contributed by atoms with Gasteiger partial charge < -0.3 is 9.80 Å². The van der Waals surface area contributed by atoms with Gasteiger partial charge in [0.2, 0.25) is 5.91 Å². The highest BCUT2D eigenvalue weighted by Crippen LogP contribution is 2.39. The van der Waals surface area contributed by atoms with Crippen LogP contribution >= 0.6 is 0 Å². The van der Waals surface area contributed by atoms with Crippen molar-refractivity contribution in [3.8, 4) is 0 Å². The third-order valence-electron chi connectivity index (χ3n) is 7.81. The Balaban J connectivity index is 0.000000260. The van der Waals surface area contributed by atoms with Gasteiger partial charge in [0.05, 0.1) is 0 Å². The molecule has 0 N–H and O–H groups in total. The van der Waals surface area contributed by atoms with E-state index in [9.17, 15) is 4.79 Å². The first-order chi connectivity index (χ1) is 11.9. The zero-order valence-electron chi connectivity index (χ0n) is 19.2. The molecule has 0 saturated carbocycles. The van der Waals surface area contributed by atoms with Gasteiger partial charge in [-0.2, -0.15) is 0 Å². The minimum atomic E-state index is 0.228. The van der Waals surface area contributed by atoms with Crippen molar-refractivity contribution in [2.75, 3.05) is 26.2 Å². The molecule has 0 aromatic carbocycles. The molecule has 3 heteroatoms. The third-order valence-corrected chi connectivity index (χ3v) is 7.81. The average Bonchev–Trinajstić information content (AvgIpc) is 2.56. The Kier molecular flexibility index (Phi) is 8.64. The standard InChI is InChI=1S/C12H25N.C11H21NO/c1-10(2)12(5)6-8-13(9-7-12)11(3)4;1-9(2)11(4)5-7-12(8-6-11)10(3)13/h10-11H,6-9H2,1-5H3;9H,5-8H2,1-4H3. The van der Waals surface area contributed by atoms with Gasteiger partial charge in [0.1, 0.15) is 0 Å². The Hall–Kier alpha value is -0.570. The van der Waals surface area contributed by atoms with E-state index >= 15 is 0 Å². The van der Waals surface area contributed by atoms with Gasteiger partial charge in [0, 0.05) is 26.1 Å². The van der Waals surface area contributed by atoms with Crippen molar-refractivity contribution in [2.24, 2.45) is 22.7 Å². The summed E-state index contributed by atoms with van der Waals surface area (Å²) in [5.41, 5.74) is 1.05. The summed E-state index contributed by atoms with van der Waals surface area (Å²) in [5, 5.41) is 0. The number of hydrogen-bond acceptors (Lipinski definition) is 2. The first-order valence-corrected chi connectivity index (χ1v) is 10.9. The molecule has 2 heterocycles. The fourth-order valence-corrected chi connectivity index (χ4v) is 4.04. The van der Waals surface area contributed by atoms with Crippen LogP contribution in [-0.4, -0.2) is 47.9 Å². The Bertz CT molecular complexity index is 425. The van der Waals surface area contributed by atoms with Gasteiger partial charge >= 0.3 is 0 Å². The monoisotopic (exact) mass is 366 g/mol. The lowest BCUT2D eigenvalue weighted by molar-refractivity contribution is -0.131. The van der Waals surface area contributed by atoms with E-state index in [1.807, 2.05) is 4.90 Å². The summed E-state index contributed by atoms with van der Waals surface area (Å²) >= 11 is 0. The molecular formula is C23H46N2O. The van der Waals surface area contributed by atoms with Crippen molar-refractivity contribution in [3.05, 3.63) is 0 Å².